The van der Waals surface area contributed by atoms with Gasteiger partial charge >= 0.3 is 0 Å². The quantitative estimate of drug-likeness (QED) is 0.743. The minimum Gasteiger partial charge on any atom is -0.322 e. The molecule has 0 saturated heterocycles. The Labute approximate surface area is 163 Å². The highest BCUT2D eigenvalue weighted by atomic mass is 16.2. The number of anilines is 2. The number of benzene rings is 3. The Balaban J connectivity index is 1.37. The molecule has 0 spiro atoms. The molecule has 2 aliphatic rings. The van der Waals surface area contributed by atoms with Gasteiger partial charge in [-0.1, -0.05) is 42.5 Å². The van der Waals surface area contributed by atoms with E-state index in [1.807, 2.05) is 59.5 Å². The number of hydrogen-bond donors (Lipinski definition) is 1. The van der Waals surface area contributed by atoms with Gasteiger partial charge in [0.15, 0.2) is 0 Å². The first-order chi connectivity index (χ1) is 13.7. The molecule has 0 radical (unpaired) electrons. The molecule has 0 saturated carbocycles. The highest BCUT2D eigenvalue weighted by Gasteiger charge is 2.31. The largest absolute Gasteiger partial charge is 0.322 e. The number of aryl methyl sites for hydroxylation is 1. The lowest BCUT2D eigenvalue weighted by Crippen LogP contribution is -2.32. The summed E-state index contributed by atoms with van der Waals surface area (Å²) in [4.78, 5) is 26.7. The first-order valence-corrected chi connectivity index (χ1v) is 9.62. The van der Waals surface area contributed by atoms with Crippen LogP contribution in [0.3, 0.4) is 0 Å². The summed E-state index contributed by atoms with van der Waals surface area (Å²) in [6.45, 7) is 0.750. The summed E-state index contributed by atoms with van der Waals surface area (Å²) in [7, 11) is 0. The molecule has 4 heteroatoms. The Morgan fingerprint density at radius 2 is 1.50 bits per heavy atom. The lowest BCUT2D eigenvalue weighted by Gasteiger charge is -2.25. The highest BCUT2D eigenvalue weighted by molar-refractivity contribution is 6.05. The number of amides is 2. The maximum absolute atomic E-state index is 12.7. The molecule has 3 aromatic carbocycles. The summed E-state index contributed by atoms with van der Waals surface area (Å²) < 4.78 is 0. The number of rotatable bonds is 3. The van der Waals surface area contributed by atoms with Crippen LogP contribution in [-0.4, -0.2) is 18.4 Å². The average molecular weight is 368 g/mol. The second kappa shape index (κ2) is 6.64. The van der Waals surface area contributed by atoms with Crippen LogP contribution in [0.25, 0.3) is 11.1 Å². The van der Waals surface area contributed by atoms with E-state index in [4.69, 9.17) is 0 Å². The Morgan fingerprint density at radius 1 is 0.821 bits per heavy atom. The number of carbonyl (C=O) groups excluding carboxylic acids is 2. The third-order valence-corrected chi connectivity index (χ3v) is 5.56. The zero-order chi connectivity index (χ0) is 19.1. The second-order valence-corrected chi connectivity index (χ2v) is 7.34. The van der Waals surface area contributed by atoms with Crippen molar-refractivity contribution >= 4 is 23.2 Å². The van der Waals surface area contributed by atoms with Gasteiger partial charge in [-0.25, -0.2) is 0 Å². The molecule has 0 bridgehead atoms. The van der Waals surface area contributed by atoms with Crippen LogP contribution in [0.15, 0.2) is 66.7 Å². The minimum absolute atomic E-state index is 0.117. The zero-order valence-corrected chi connectivity index (χ0v) is 15.4. The molecule has 0 unspecified atom stereocenters. The van der Waals surface area contributed by atoms with Gasteiger partial charge < -0.3 is 10.2 Å². The molecule has 0 atom stereocenters. The van der Waals surface area contributed by atoms with Gasteiger partial charge in [-0.15, -0.1) is 0 Å². The van der Waals surface area contributed by atoms with E-state index < -0.39 is 0 Å². The van der Waals surface area contributed by atoms with Crippen LogP contribution in [0, 0.1) is 0 Å². The Kier molecular flexibility index (Phi) is 3.97. The van der Waals surface area contributed by atoms with E-state index in [1.54, 1.807) is 0 Å². The number of nitrogens with one attached hydrogen (secondary N) is 1. The fourth-order valence-electron chi connectivity index (χ4n) is 4.18. The van der Waals surface area contributed by atoms with Crippen molar-refractivity contribution in [2.24, 2.45) is 0 Å². The summed E-state index contributed by atoms with van der Waals surface area (Å²) in [5.74, 6) is 0.0926. The molecule has 138 valence electrons. The minimum atomic E-state index is -0.117. The standard InChI is InChI=1S/C24H20N2O2/c27-22-11-10-19-14-21(15-20-12-13-26(22)23(19)20)25-24(28)18-8-6-17(7-9-18)16-4-2-1-3-5-16/h1-9,14-15H,10-13H2,(H,25,28). The van der Waals surface area contributed by atoms with Crippen molar-refractivity contribution in [3.63, 3.8) is 0 Å². The fourth-order valence-corrected chi connectivity index (χ4v) is 4.18. The monoisotopic (exact) mass is 368 g/mol. The maximum Gasteiger partial charge on any atom is 0.255 e. The molecule has 0 aliphatic carbocycles. The molecular weight excluding hydrogens is 348 g/mol. The smallest absolute Gasteiger partial charge is 0.255 e. The van der Waals surface area contributed by atoms with Gasteiger partial charge in [0.25, 0.3) is 5.91 Å². The highest BCUT2D eigenvalue weighted by Crippen LogP contribution is 2.38. The van der Waals surface area contributed by atoms with Gasteiger partial charge in [0.05, 0.1) is 5.69 Å². The zero-order valence-electron chi connectivity index (χ0n) is 15.4. The van der Waals surface area contributed by atoms with E-state index in [0.29, 0.717) is 12.0 Å². The van der Waals surface area contributed by atoms with Crippen molar-refractivity contribution < 1.29 is 9.59 Å². The SMILES string of the molecule is O=C(Nc1cc2c3c(c1)CCN3C(=O)CC2)c1ccc(-c2ccccc2)cc1. The van der Waals surface area contributed by atoms with Crippen LogP contribution in [-0.2, 0) is 17.6 Å². The Hall–Kier alpha value is -3.40. The van der Waals surface area contributed by atoms with Crippen LogP contribution in [0.1, 0.15) is 27.9 Å². The second-order valence-electron chi connectivity index (χ2n) is 7.34. The molecule has 2 aliphatic heterocycles. The first kappa shape index (κ1) is 16.8. The van der Waals surface area contributed by atoms with Crippen LogP contribution in [0.5, 0.6) is 0 Å². The van der Waals surface area contributed by atoms with Crippen LogP contribution >= 0.6 is 0 Å². The van der Waals surface area contributed by atoms with Gasteiger partial charge in [-0.3, -0.25) is 9.59 Å². The Morgan fingerprint density at radius 3 is 2.25 bits per heavy atom. The van der Waals surface area contributed by atoms with E-state index in [9.17, 15) is 9.59 Å². The molecule has 0 fully saturated rings. The van der Waals surface area contributed by atoms with Gasteiger partial charge in [0, 0.05) is 24.2 Å². The summed E-state index contributed by atoms with van der Waals surface area (Å²) in [6, 6.07) is 21.8. The Bertz CT molecular complexity index is 1070. The third-order valence-electron chi connectivity index (χ3n) is 5.56. The van der Waals surface area contributed by atoms with E-state index in [-0.39, 0.29) is 11.8 Å². The van der Waals surface area contributed by atoms with Crippen molar-refractivity contribution in [3.05, 3.63) is 83.4 Å². The molecular formula is C24H20N2O2. The predicted molar refractivity (Wildman–Crippen MR) is 111 cm³/mol. The van der Waals surface area contributed by atoms with Gasteiger partial charge in [0.2, 0.25) is 5.91 Å². The predicted octanol–water partition coefficient (Wildman–Crippen LogP) is 4.44. The molecule has 4 nitrogen and oxygen atoms in total. The summed E-state index contributed by atoms with van der Waals surface area (Å²) in [6.07, 6.45) is 2.14. The van der Waals surface area contributed by atoms with Gasteiger partial charge in [0.1, 0.15) is 0 Å². The van der Waals surface area contributed by atoms with Crippen molar-refractivity contribution in [2.75, 3.05) is 16.8 Å². The molecule has 1 N–H and O–H groups in total. The number of carbonyl (C=O) groups is 2. The topological polar surface area (TPSA) is 49.4 Å². The number of hydrogen-bond acceptors (Lipinski definition) is 2. The van der Waals surface area contributed by atoms with Gasteiger partial charge in [-0.05, 0) is 59.4 Å². The summed E-state index contributed by atoms with van der Waals surface area (Å²) >= 11 is 0. The molecule has 3 aromatic rings. The first-order valence-electron chi connectivity index (χ1n) is 9.62. The van der Waals surface area contributed by atoms with Crippen LogP contribution in [0.2, 0.25) is 0 Å². The fraction of sp³-hybridized carbons (Fsp3) is 0.167. The van der Waals surface area contributed by atoms with Crippen LogP contribution < -0.4 is 10.2 Å². The van der Waals surface area contributed by atoms with Crippen molar-refractivity contribution in [2.45, 2.75) is 19.3 Å². The normalized spacial score (nSPS) is 14.7. The lowest BCUT2D eigenvalue weighted by atomic mass is 9.98. The van der Waals surface area contributed by atoms with E-state index in [0.717, 1.165) is 53.0 Å². The van der Waals surface area contributed by atoms with E-state index >= 15 is 0 Å². The number of nitrogens with zero attached hydrogens (tertiary/aromatic N) is 1. The molecule has 2 heterocycles. The molecule has 5 rings (SSSR count). The van der Waals surface area contributed by atoms with Crippen molar-refractivity contribution in [3.8, 4) is 11.1 Å². The van der Waals surface area contributed by atoms with Crippen LogP contribution in [0.4, 0.5) is 11.4 Å². The summed E-state index contributed by atoms with van der Waals surface area (Å²) in [5, 5.41) is 3.03. The maximum atomic E-state index is 12.7. The van der Waals surface area contributed by atoms with Crippen molar-refractivity contribution in [1.29, 1.82) is 0 Å². The van der Waals surface area contributed by atoms with E-state index in [2.05, 4.69) is 17.4 Å². The molecule has 0 aromatic heterocycles. The molecule has 28 heavy (non-hydrogen) atoms. The summed E-state index contributed by atoms with van der Waals surface area (Å²) in [5.41, 5.74) is 7.04. The third kappa shape index (κ3) is 2.87. The molecule has 2 amide bonds. The van der Waals surface area contributed by atoms with E-state index in [1.165, 1.54) is 0 Å². The van der Waals surface area contributed by atoms with Gasteiger partial charge in [-0.2, -0.15) is 0 Å². The lowest BCUT2D eigenvalue weighted by molar-refractivity contribution is -0.118. The average Bonchev–Trinajstić information content (AvgIpc) is 3.17. The van der Waals surface area contributed by atoms with Crippen molar-refractivity contribution in [1.82, 2.24) is 0 Å².